The van der Waals surface area contributed by atoms with Crippen LogP contribution in [0.4, 0.5) is 0 Å². The number of carboxylic acid groups (broad SMARTS) is 1. The van der Waals surface area contributed by atoms with Crippen LogP contribution in [0.5, 0.6) is 17.2 Å². The van der Waals surface area contributed by atoms with E-state index in [2.05, 4.69) is 5.32 Å². The maximum atomic E-state index is 12.6. The zero-order valence-electron chi connectivity index (χ0n) is 16.2. The van der Waals surface area contributed by atoms with Crippen molar-refractivity contribution in [2.45, 2.75) is 26.8 Å². The summed E-state index contributed by atoms with van der Waals surface area (Å²) in [6.45, 7) is 6.25. The Bertz CT molecular complexity index is 820. The molecule has 0 bridgehead atoms. The van der Waals surface area contributed by atoms with Gasteiger partial charge in [-0.1, -0.05) is 12.1 Å². The van der Waals surface area contributed by atoms with Gasteiger partial charge in [0.15, 0.2) is 18.1 Å². The zero-order chi connectivity index (χ0) is 20.5. The van der Waals surface area contributed by atoms with Gasteiger partial charge in [0.05, 0.1) is 19.3 Å². The van der Waals surface area contributed by atoms with E-state index in [9.17, 15) is 9.59 Å². The molecule has 7 heteroatoms. The summed E-state index contributed by atoms with van der Waals surface area (Å²) in [5.74, 6) is 0.244. The molecule has 0 aliphatic rings. The van der Waals surface area contributed by atoms with Gasteiger partial charge in [0.1, 0.15) is 5.75 Å². The van der Waals surface area contributed by atoms with E-state index in [4.69, 9.17) is 19.3 Å². The molecule has 1 amide bonds. The number of rotatable bonds is 10. The SMILES string of the molecule is CCOc1ccc(C(C)NC(=O)c2cccc(OCC(=O)O)c2)cc1OCC. The van der Waals surface area contributed by atoms with E-state index in [1.165, 1.54) is 6.07 Å². The fourth-order valence-corrected chi connectivity index (χ4v) is 2.57. The zero-order valence-corrected chi connectivity index (χ0v) is 16.2. The molecule has 28 heavy (non-hydrogen) atoms. The molecule has 150 valence electrons. The molecule has 2 N–H and O–H groups in total. The number of aliphatic carboxylic acids is 1. The summed E-state index contributed by atoms with van der Waals surface area (Å²) < 4.78 is 16.3. The minimum absolute atomic E-state index is 0.272. The Morgan fingerprint density at radius 3 is 2.39 bits per heavy atom. The summed E-state index contributed by atoms with van der Waals surface area (Å²) in [5, 5.41) is 11.6. The van der Waals surface area contributed by atoms with Crippen molar-refractivity contribution in [3.63, 3.8) is 0 Å². The van der Waals surface area contributed by atoms with Crippen LogP contribution in [0.25, 0.3) is 0 Å². The van der Waals surface area contributed by atoms with Crippen molar-refractivity contribution in [1.82, 2.24) is 5.32 Å². The summed E-state index contributed by atoms with van der Waals surface area (Å²) >= 11 is 0. The maximum Gasteiger partial charge on any atom is 0.341 e. The van der Waals surface area contributed by atoms with Gasteiger partial charge < -0.3 is 24.6 Å². The van der Waals surface area contributed by atoms with Gasteiger partial charge in [0.2, 0.25) is 0 Å². The number of amides is 1. The average Bonchev–Trinajstić information content (AvgIpc) is 2.68. The average molecular weight is 387 g/mol. The molecule has 0 saturated heterocycles. The van der Waals surface area contributed by atoms with E-state index >= 15 is 0 Å². The highest BCUT2D eigenvalue weighted by Crippen LogP contribution is 2.30. The molecule has 0 aliphatic carbocycles. The third kappa shape index (κ3) is 5.90. The molecule has 0 radical (unpaired) electrons. The van der Waals surface area contributed by atoms with Gasteiger partial charge in [-0.2, -0.15) is 0 Å². The minimum atomic E-state index is -1.08. The van der Waals surface area contributed by atoms with Gasteiger partial charge in [-0.25, -0.2) is 4.79 Å². The Morgan fingerprint density at radius 2 is 1.71 bits per heavy atom. The lowest BCUT2D eigenvalue weighted by Crippen LogP contribution is -2.26. The fraction of sp³-hybridized carbons (Fsp3) is 0.333. The summed E-state index contributed by atoms with van der Waals surface area (Å²) in [5.41, 5.74) is 1.25. The molecule has 0 saturated carbocycles. The standard InChI is InChI=1S/C21H25NO6/c1-4-26-18-10-9-15(12-19(18)27-5-2)14(3)22-21(25)16-7-6-8-17(11-16)28-13-20(23)24/h6-12,14H,4-5,13H2,1-3H3,(H,22,25)(H,23,24). The van der Waals surface area contributed by atoms with Crippen molar-refractivity contribution in [1.29, 1.82) is 0 Å². The van der Waals surface area contributed by atoms with Crippen LogP contribution < -0.4 is 19.5 Å². The molecule has 0 heterocycles. The number of ether oxygens (including phenoxy) is 3. The quantitative estimate of drug-likeness (QED) is 0.649. The van der Waals surface area contributed by atoms with Crippen LogP contribution in [-0.4, -0.2) is 36.8 Å². The van der Waals surface area contributed by atoms with E-state index in [1.807, 2.05) is 39.0 Å². The molecule has 0 aromatic heterocycles. The Kier molecular flexibility index (Phi) is 7.68. The topological polar surface area (TPSA) is 94.1 Å². The summed E-state index contributed by atoms with van der Waals surface area (Å²) in [6, 6.07) is 11.7. The Hall–Kier alpha value is -3.22. The van der Waals surface area contributed by atoms with Crippen LogP contribution in [0.2, 0.25) is 0 Å². The number of carboxylic acids is 1. The van der Waals surface area contributed by atoms with E-state index in [0.29, 0.717) is 36.0 Å². The van der Waals surface area contributed by atoms with Crippen molar-refractivity contribution in [3.8, 4) is 17.2 Å². The molecular weight excluding hydrogens is 362 g/mol. The lowest BCUT2D eigenvalue weighted by Gasteiger charge is -2.18. The summed E-state index contributed by atoms with van der Waals surface area (Å²) in [7, 11) is 0. The van der Waals surface area contributed by atoms with Crippen LogP contribution in [0.3, 0.4) is 0 Å². The molecule has 0 spiro atoms. The first kappa shape index (κ1) is 21.1. The van der Waals surface area contributed by atoms with Gasteiger partial charge in [0, 0.05) is 5.56 Å². The lowest BCUT2D eigenvalue weighted by atomic mass is 10.1. The molecule has 2 rings (SSSR count). The number of hydrogen-bond donors (Lipinski definition) is 2. The predicted molar refractivity (Wildman–Crippen MR) is 104 cm³/mol. The number of hydrogen-bond acceptors (Lipinski definition) is 5. The highest BCUT2D eigenvalue weighted by molar-refractivity contribution is 5.94. The molecule has 0 aliphatic heterocycles. The molecule has 2 aromatic rings. The lowest BCUT2D eigenvalue weighted by molar-refractivity contribution is -0.139. The van der Waals surface area contributed by atoms with Gasteiger partial charge in [0.25, 0.3) is 5.91 Å². The molecule has 2 aromatic carbocycles. The predicted octanol–water partition coefficient (Wildman–Crippen LogP) is 3.44. The van der Waals surface area contributed by atoms with Crippen LogP contribution >= 0.6 is 0 Å². The third-order valence-corrected chi connectivity index (χ3v) is 3.87. The Balaban J connectivity index is 2.10. The van der Waals surface area contributed by atoms with E-state index < -0.39 is 12.6 Å². The van der Waals surface area contributed by atoms with Gasteiger partial charge in [-0.05, 0) is 56.7 Å². The van der Waals surface area contributed by atoms with Gasteiger partial charge in [-0.3, -0.25) is 4.79 Å². The van der Waals surface area contributed by atoms with E-state index in [1.54, 1.807) is 18.2 Å². The molecule has 1 atom stereocenters. The van der Waals surface area contributed by atoms with E-state index in [-0.39, 0.29) is 11.9 Å². The van der Waals surface area contributed by atoms with Crippen molar-refractivity contribution in [2.75, 3.05) is 19.8 Å². The van der Waals surface area contributed by atoms with Crippen LogP contribution in [0.15, 0.2) is 42.5 Å². The van der Waals surface area contributed by atoms with Crippen molar-refractivity contribution in [3.05, 3.63) is 53.6 Å². The first-order chi connectivity index (χ1) is 13.4. The molecular formula is C21H25NO6. The van der Waals surface area contributed by atoms with Crippen LogP contribution in [-0.2, 0) is 4.79 Å². The summed E-state index contributed by atoms with van der Waals surface area (Å²) in [6.07, 6.45) is 0. The van der Waals surface area contributed by atoms with Crippen molar-refractivity contribution >= 4 is 11.9 Å². The largest absolute Gasteiger partial charge is 0.490 e. The minimum Gasteiger partial charge on any atom is -0.490 e. The van der Waals surface area contributed by atoms with Crippen LogP contribution in [0.1, 0.15) is 42.7 Å². The Morgan fingerprint density at radius 1 is 1.00 bits per heavy atom. The normalized spacial score (nSPS) is 11.4. The number of nitrogens with one attached hydrogen (secondary N) is 1. The second-order valence-corrected chi connectivity index (χ2v) is 5.98. The van der Waals surface area contributed by atoms with Gasteiger partial charge >= 0.3 is 5.97 Å². The molecule has 1 unspecified atom stereocenters. The highest BCUT2D eigenvalue weighted by Gasteiger charge is 2.15. The number of carbonyl (C=O) groups excluding carboxylic acids is 1. The highest BCUT2D eigenvalue weighted by atomic mass is 16.5. The third-order valence-electron chi connectivity index (χ3n) is 3.87. The Labute approximate surface area is 164 Å². The maximum absolute atomic E-state index is 12.6. The molecule has 7 nitrogen and oxygen atoms in total. The number of benzene rings is 2. The summed E-state index contributed by atoms with van der Waals surface area (Å²) in [4.78, 5) is 23.2. The van der Waals surface area contributed by atoms with E-state index in [0.717, 1.165) is 5.56 Å². The molecule has 0 fully saturated rings. The number of carbonyl (C=O) groups is 2. The van der Waals surface area contributed by atoms with Crippen LogP contribution in [0, 0.1) is 0 Å². The van der Waals surface area contributed by atoms with Crippen molar-refractivity contribution in [2.24, 2.45) is 0 Å². The smallest absolute Gasteiger partial charge is 0.341 e. The van der Waals surface area contributed by atoms with Crippen molar-refractivity contribution < 1.29 is 28.9 Å². The fourth-order valence-electron chi connectivity index (χ4n) is 2.57. The first-order valence-electron chi connectivity index (χ1n) is 9.09. The van der Waals surface area contributed by atoms with Gasteiger partial charge in [-0.15, -0.1) is 0 Å². The monoisotopic (exact) mass is 387 g/mol. The first-order valence-corrected chi connectivity index (χ1v) is 9.09. The second kappa shape index (κ2) is 10.2. The second-order valence-electron chi connectivity index (χ2n) is 5.98.